The molecule has 4 N–H and O–H groups in total. The lowest BCUT2D eigenvalue weighted by molar-refractivity contribution is -0.126. The number of nitrogens with one attached hydrogen (secondary N) is 2. The van der Waals surface area contributed by atoms with Gasteiger partial charge in [0.05, 0.1) is 0 Å². The van der Waals surface area contributed by atoms with Crippen molar-refractivity contribution in [3.8, 4) is 0 Å². The van der Waals surface area contributed by atoms with Crippen molar-refractivity contribution in [1.82, 2.24) is 15.3 Å². The second-order valence-electron chi connectivity index (χ2n) is 5.40. The Labute approximate surface area is 118 Å². The first-order valence-corrected chi connectivity index (χ1v) is 6.81. The molecule has 0 aromatic carbocycles. The van der Waals surface area contributed by atoms with E-state index >= 15 is 0 Å². The number of anilines is 2. The topological polar surface area (TPSA) is 96.2 Å². The normalized spacial score (nSPS) is 17.9. The minimum absolute atomic E-state index is 0.00192. The Hall–Kier alpha value is -1.89. The molecule has 0 saturated carbocycles. The summed E-state index contributed by atoms with van der Waals surface area (Å²) >= 11 is 0. The molecule has 7 heteroatoms. The van der Waals surface area contributed by atoms with E-state index in [0.717, 1.165) is 11.4 Å². The number of amides is 1. The van der Waals surface area contributed by atoms with Crippen LogP contribution in [-0.4, -0.2) is 34.5 Å². The van der Waals surface area contributed by atoms with Gasteiger partial charge in [0.2, 0.25) is 5.91 Å². The predicted octanol–water partition coefficient (Wildman–Crippen LogP) is 0.348. The summed E-state index contributed by atoms with van der Waals surface area (Å²) < 4.78 is 0. The Kier molecular flexibility index (Phi) is 3.80. The molecule has 1 aliphatic rings. The van der Waals surface area contributed by atoms with E-state index in [1.54, 1.807) is 0 Å². The second kappa shape index (κ2) is 5.24. The van der Waals surface area contributed by atoms with Crippen LogP contribution in [0.2, 0.25) is 0 Å². The van der Waals surface area contributed by atoms with Gasteiger partial charge in [-0.15, -0.1) is 0 Å². The first kappa shape index (κ1) is 14.5. The van der Waals surface area contributed by atoms with E-state index in [9.17, 15) is 4.79 Å². The van der Waals surface area contributed by atoms with Gasteiger partial charge in [0.1, 0.15) is 23.0 Å². The number of piperazine rings is 1. The van der Waals surface area contributed by atoms with Gasteiger partial charge in [-0.1, -0.05) is 6.92 Å². The van der Waals surface area contributed by atoms with E-state index in [-0.39, 0.29) is 5.91 Å². The maximum absolute atomic E-state index is 12.1. The Morgan fingerprint density at radius 2 is 2.15 bits per heavy atom. The fraction of sp³-hybridized carbons (Fsp3) is 0.615. The number of carbonyl (C=O) groups is 1. The van der Waals surface area contributed by atoms with Gasteiger partial charge in [0, 0.05) is 25.1 Å². The highest BCUT2D eigenvalue weighted by atomic mass is 16.2. The molecule has 2 heterocycles. The molecule has 20 heavy (non-hydrogen) atoms. The van der Waals surface area contributed by atoms with E-state index in [0.29, 0.717) is 31.2 Å². The summed E-state index contributed by atoms with van der Waals surface area (Å²) in [6, 6.07) is 0. The fourth-order valence-corrected chi connectivity index (χ4v) is 2.38. The van der Waals surface area contributed by atoms with E-state index in [2.05, 4.69) is 20.7 Å². The third-order valence-corrected chi connectivity index (χ3v) is 3.73. The molecule has 0 spiro atoms. The van der Waals surface area contributed by atoms with E-state index in [4.69, 9.17) is 5.84 Å². The molecule has 1 aromatic heterocycles. The van der Waals surface area contributed by atoms with Crippen LogP contribution in [0.4, 0.5) is 11.6 Å². The van der Waals surface area contributed by atoms with Crippen LogP contribution in [0.3, 0.4) is 0 Å². The minimum Gasteiger partial charge on any atom is -0.352 e. The molecule has 0 atom stereocenters. The van der Waals surface area contributed by atoms with Gasteiger partial charge in [0.25, 0.3) is 0 Å². The van der Waals surface area contributed by atoms with Gasteiger partial charge in [-0.05, 0) is 20.8 Å². The van der Waals surface area contributed by atoms with Crippen LogP contribution in [0.15, 0.2) is 0 Å². The van der Waals surface area contributed by atoms with Crippen molar-refractivity contribution in [3.63, 3.8) is 0 Å². The highest BCUT2D eigenvalue weighted by molar-refractivity contribution is 5.90. The Bertz CT molecular complexity index is 528. The van der Waals surface area contributed by atoms with Gasteiger partial charge in [-0.2, -0.15) is 0 Å². The molecule has 110 valence electrons. The van der Waals surface area contributed by atoms with Crippen molar-refractivity contribution in [2.45, 2.75) is 39.7 Å². The molecule has 1 aliphatic heterocycles. The van der Waals surface area contributed by atoms with Crippen molar-refractivity contribution < 1.29 is 4.79 Å². The number of hydrogen-bond acceptors (Lipinski definition) is 6. The van der Waals surface area contributed by atoms with Crippen molar-refractivity contribution in [2.75, 3.05) is 23.4 Å². The monoisotopic (exact) mass is 278 g/mol. The number of nitrogen functional groups attached to an aromatic ring is 1. The quantitative estimate of drug-likeness (QED) is 0.545. The highest BCUT2D eigenvalue weighted by Gasteiger charge is 2.39. The zero-order valence-corrected chi connectivity index (χ0v) is 12.4. The number of nitrogens with two attached hydrogens (primary N) is 1. The van der Waals surface area contributed by atoms with Crippen molar-refractivity contribution >= 4 is 17.5 Å². The zero-order chi connectivity index (χ0) is 14.9. The van der Waals surface area contributed by atoms with Crippen LogP contribution in [0.25, 0.3) is 0 Å². The Balaban J connectivity index is 2.53. The maximum atomic E-state index is 12.1. The van der Waals surface area contributed by atoms with E-state index < -0.39 is 5.54 Å². The lowest BCUT2D eigenvalue weighted by atomic mass is 9.98. The van der Waals surface area contributed by atoms with Gasteiger partial charge in [-0.25, -0.2) is 15.8 Å². The molecule has 2 rings (SSSR count). The Morgan fingerprint density at radius 1 is 1.45 bits per heavy atom. The van der Waals surface area contributed by atoms with Gasteiger partial charge >= 0.3 is 0 Å². The number of rotatable bonds is 3. The van der Waals surface area contributed by atoms with Gasteiger partial charge in [0.15, 0.2) is 0 Å². The molecule has 7 nitrogen and oxygen atoms in total. The van der Waals surface area contributed by atoms with Gasteiger partial charge in [-0.3, -0.25) is 4.79 Å². The molecular formula is C13H22N6O. The Morgan fingerprint density at radius 3 is 2.75 bits per heavy atom. The van der Waals surface area contributed by atoms with Crippen LogP contribution in [0, 0.1) is 6.92 Å². The number of nitrogens with zero attached hydrogens (tertiary/aromatic N) is 3. The van der Waals surface area contributed by atoms with Crippen LogP contribution < -0.4 is 21.5 Å². The number of aryl methyl sites for hydroxylation is 1. The average Bonchev–Trinajstić information content (AvgIpc) is 2.42. The summed E-state index contributed by atoms with van der Waals surface area (Å²) in [5.41, 5.74) is 2.82. The van der Waals surface area contributed by atoms with Crippen LogP contribution >= 0.6 is 0 Å². The average molecular weight is 278 g/mol. The van der Waals surface area contributed by atoms with Crippen molar-refractivity contribution in [2.24, 2.45) is 5.84 Å². The molecule has 1 aromatic rings. The van der Waals surface area contributed by atoms with Crippen molar-refractivity contribution in [1.29, 1.82) is 0 Å². The molecule has 0 bridgehead atoms. The summed E-state index contributed by atoms with van der Waals surface area (Å²) in [4.78, 5) is 23.0. The summed E-state index contributed by atoms with van der Waals surface area (Å²) in [7, 11) is 0. The third-order valence-electron chi connectivity index (χ3n) is 3.73. The SMILES string of the molecule is CCc1nc(NN)c(C)c(N2CCNC(=O)C2(C)C)n1. The lowest BCUT2D eigenvalue weighted by Gasteiger charge is -2.42. The molecule has 1 fully saturated rings. The first-order chi connectivity index (χ1) is 9.41. The first-order valence-electron chi connectivity index (χ1n) is 6.81. The van der Waals surface area contributed by atoms with E-state index in [1.165, 1.54) is 0 Å². The van der Waals surface area contributed by atoms with Gasteiger partial charge < -0.3 is 15.6 Å². The second-order valence-corrected chi connectivity index (χ2v) is 5.40. The molecular weight excluding hydrogens is 256 g/mol. The zero-order valence-electron chi connectivity index (χ0n) is 12.4. The van der Waals surface area contributed by atoms with Crippen molar-refractivity contribution in [3.05, 3.63) is 11.4 Å². The number of aromatic nitrogens is 2. The standard InChI is InChI=1S/C13H22N6O/c1-5-9-16-10(18-14)8(2)11(17-9)19-7-6-15-12(20)13(19,3)4/h5-7,14H2,1-4H3,(H,15,20)(H,16,17,18). The maximum Gasteiger partial charge on any atom is 0.245 e. The predicted molar refractivity (Wildman–Crippen MR) is 78.4 cm³/mol. The summed E-state index contributed by atoms with van der Waals surface area (Å²) in [5.74, 6) is 7.61. The summed E-state index contributed by atoms with van der Waals surface area (Å²) in [6.45, 7) is 9.01. The molecule has 0 radical (unpaired) electrons. The number of carbonyl (C=O) groups excluding carboxylic acids is 1. The summed E-state index contributed by atoms with van der Waals surface area (Å²) in [5, 5.41) is 2.88. The molecule has 0 aliphatic carbocycles. The molecule has 1 saturated heterocycles. The highest BCUT2D eigenvalue weighted by Crippen LogP contribution is 2.30. The van der Waals surface area contributed by atoms with E-state index in [1.807, 2.05) is 32.6 Å². The smallest absolute Gasteiger partial charge is 0.245 e. The minimum atomic E-state index is -0.645. The van der Waals surface area contributed by atoms with Crippen LogP contribution in [0.1, 0.15) is 32.2 Å². The number of hydrogen-bond donors (Lipinski definition) is 3. The molecule has 1 amide bonds. The van der Waals surface area contributed by atoms with Crippen LogP contribution in [0.5, 0.6) is 0 Å². The molecule has 0 unspecified atom stereocenters. The third kappa shape index (κ3) is 2.29. The summed E-state index contributed by atoms with van der Waals surface area (Å²) in [6.07, 6.45) is 0.711. The number of hydrazine groups is 1. The largest absolute Gasteiger partial charge is 0.352 e. The van der Waals surface area contributed by atoms with Crippen LogP contribution in [-0.2, 0) is 11.2 Å². The fourth-order valence-electron chi connectivity index (χ4n) is 2.38. The lowest BCUT2D eigenvalue weighted by Crippen LogP contribution is -2.62.